The van der Waals surface area contributed by atoms with E-state index in [9.17, 15) is 9.59 Å². The Morgan fingerprint density at radius 2 is 1.20 bits per heavy atom. The molecule has 5 heteroatoms. The molecule has 5 nitrogen and oxygen atoms in total. The molecule has 2 amide bonds. The Labute approximate surface area is 152 Å². The van der Waals surface area contributed by atoms with E-state index in [2.05, 4.69) is 18.9 Å². The van der Waals surface area contributed by atoms with Crippen molar-refractivity contribution in [2.75, 3.05) is 46.3 Å². The summed E-state index contributed by atoms with van der Waals surface area (Å²) >= 11 is 0. The highest BCUT2D eigenvalue weighted by molar-refractivity contribution is 5.81. The molecule has 0 aromatic heterocycles. The van der Waals surface area contributed by atoms with Gasteiger partial charge in [0.15, 0.2) is 0 Å². The zero-order valence-corrected chi connectivity index (χ0v) is 16.1. The fraction of sp³-hybridized carbons (Fsp3) is 0.900. The van der Waals surface area contributed by atoms with Gasteiger partial charge in [-0.25, -0.2) is 0 Å². The topological polar surface area (TPSA) is 43.9 Å². The zero-order chi connectivity index (χ0) is 17.8. The van der Waals surface area contributed by atoms with Gasteiger partial charge in [0.05, 0.1) is 0 Å². The minimum Gasteiger partial charge on any atom is -0.342 e. The number of carbonyl (C=O) groups is 2. The van der Waals surface area contributed by atoms with Crippen LogP contribution in [0.4, 0.5) is 0 Å². The molecule has 0 aromatic rings. The van der Waals surface area contributed by atoms with Gasteiger partial charge in [-0.15, -0.1) is 0 Å². The fourth-order valence-corrected chi connectivity index (χ4v) is 4.71. The second kappa shape index (κ2) is 8.52. The Bertz CT molecular complexity index is 458. The Kier molecular flexibility index (Phi) is 6.37. The molecule has 2 aliphatic heterocycles. The lowest BCUT2D eigenvalue weighted by atomic mass is 9.80. The lowest BCUT2D eigenvalue weighted by Gasteiger charge is -2.39. The van der Waals surface area contributed by atoms with E-state index in [0.29, 0.717) is 11.8 Å². The second-order valence-electron chi connectivity index (χ2n) is 8.35. The van der Waals surface area contributed by atoms with Crippen molar-refractivity contribution in [1.82, 2.24) is 14.7 Å². The van der Waals surface area contributed by atoms with Crippen molar-refractivity contribution >= 4 is 11.8 Å². The monoisotopic (exact) mass is 349 g/mol. The smallest absolute Gasteiger partial charge is 0.225 e. The number of carbonyl (C=O) groups excluding carboxylic acids is 2. The van der Waals surface area contributed by atoms with Gasteiger partial charge in [-0.1, -0.05) is 13.3 Å². The summed E-state index contributed by atoms with van der Waals surface area (Å²) in [5.74, 6) is 1.88. The third-order valence-electron chi connectivity index (χ3n) is 6.74. The van der Waals surface area contributed by atoms with Crippen molar-refractivity contribution in [3.05, 3.63) is 0 Å². The Hall–Kier alpha value is -1.10. The number of nitrogens with zero attached hydrogens (tertiary/aromatic N) is 3. The molecule has 0 bridgehead atoms. The van der Waals surface area contributed by atoms with E-state index >= 15 is 0 Å². The van der Waals surface area contributed by atoms with E-state index in [-0.39, 0.29) is 11.8 Å². The van der Waals surface area contributed by atoms with E-state index < -0.39 is 0 Å². The summed E-state index contributed by atoms with van der Waals surface area (Å²) in [6.45, 7) is 7.47. The van der Waals surface area contributed by atoms with Crippen LogP contribution in [0.15, 0.2) is 0 Å². The van der Waals surface area contributed by atoms with E-state index in [1.54, 1.807) is 0 Å². The van der Waals surface area contributed by atoms with Crippen molar-refractivity contribution in [3.63, 3.8) is 0 Å². The maximum atomic E-state index is 12.8. The predicted molar refractivity (Wildman–Crippen MR) is 99.1 cm³/mol. The first-order valence-electron chi connectivity index (χ1n) is 10.3. The Morgan fingerprint density at radius 3 is 1.72 bits per heavy atom. The molecule has 142 valence electrons. The number of amides is 2. The van der Waals surface area contributed by atoms with Crippen molar-refractivity contribution in [2.45, 2.75) is 51.9 Å². The summed E-state index contributed by atoms with van der Waals surface area (Å²) in [7, 11) is 2.11. The van der Waals surface area contributed by atoms with Crippen LogP contribution in [0.1, 0.15) is 51.9 Å². The van der Waals surface area contributed by atoms with Gasteiger partial charge in [0.1, 0.15) is 0 Å². The molecule has 1 aliphatic carbocycles. The molecule has 0 atom stereocenters. The first kappa shape index (κ1) is 18.7. The van der Waals surface area contributed by atoms with E-state index in [1.165, 1.54) is 19.3 Å². The molecule has 3 fully saturated rings. The van der Waals surface area contributed by atoms with E-state index in [0.717, 1.165) is 70.9 Å². The van der Waals surface area contributed by atoms with Crippen molar-refractivity contribution < 1.29 is 9.59 Å². The molecule has 0 radical (unpaired) electrons. The molecule has 0 N–H and O–H groups in total. The average Bonchev–Trinajstić information content (AvgIpc) is 2.67. The number of piperazine rings is 1. The minimum atomic E-state index is 0.128. The highest BCUT2D eigenvalue weighted by atomic mass is 16.2. The lowest BCUT2D eigenvalue weighted by Crippen LogP contribution is -2.51. The van der Waals surface area contributed by atoms with Crippen molar-refractivity contribution in [2.24, 2.45) is 17.8 Å². The third-order valence-corrected chi connectivity index (χ3v) is 6.74. The standard InChI is InChI=1S/C20H35N3O2/c1-3-16-4-6-17(7-5-16)19(24)22-10-8-18(9-11-22)20(25)23-14-12-21(2)13-15-23/h16-18H,3-15H2,1-2H3. The van der Waals surface area contributed by atoms with Crippen LogP contribution >= 0.6 is 0 Å². The molecule has 2 saturated heterocycles. The summed E-state index contributed by atoms with van der Waals surface area (Å²) in [6, 6.07) is 0. The highest BCUT2D eigenvalue weighted by Crippen LogP contribution is 2.32. The third kappa shape index (κ3) is 4.55. The van der Waals surface area contributed by atoms with Crippen LogP contribution in [0.2, 0.25) is 0 Å². The first-order valence-corrected chi connectivity index (χ1v) is 10.3. The predicted octanol–water partition coefficient (Wildman–Crippen LogP) is 2.22. The summed E-state index contributed by atoms with van der Waals surface area (Å²) in [5, 5.41) is 0. The number of hydrogen-bond acceptors (Lipinski definition) is 3. The molecule has 0 unspecified atom stereocenters. The zero-order valence-electron chi connectivity index (χ0n) is 16.1. The Balaban J connectivity index is 1.44. The van der Waals surface area contributed by atoms with Crippen LogP contribution in [0.25, 0.3) is 0 Å². The summed E-state index contributed by atoms with van der Waals surface area (Å²) in [5.41, 5.74) is 0. The first-order chi connectivity index (χ1) is 12.1. The SMILES string of the molecule is CCC1CCC(C(=O)N2CCC(C(=O)N3CCN(C)CC3)CC2)CC1. The largest absolute Gasteiger partial charge is 0.342 e. The number of rotatable bonds is 3. The van der Waals surface area contributed by atoms with Gasteiger partial charge in [0.2, 0.25) is 11.8 Å². The van der Waals surface area contributed by atoms with Gasteiger partial charge in [-0.2, -0.15) is 0 Å². The van der Waals surface area contributed by atoms with Crippen molar-refractivity contribution in [1.29, 1.82) is 0 Å². The molecular weight excluding hydrogens is 314 g/mol. The minimum absolute atomic E-state index is 0.128. The summed E-state index contributed by atoms with van der Waals surface area (Å²) in [4.78, 5) is 31.9. The average molecular weight is 350 g/mol. The van der Waals surface area contributed by atoms with Gasteiger partial charge >= 0.3 is 0 Å². The molecule has 2 heterocycles. The van der Waals surface area contributed by atoms with Gasteiger partial charge in [0.25, 0.3) is 0 Å². The molecule has 0 spiro atoms. The molecule has 3 aliphatic rings. The van der Waals surface area contributed by atoms with Crippen LogP contribution in [0, 0.1) is 17.8 Å². The summed E-state index contributed by atoms with van der Waals surface area (Å²) < 4.78 is 0. The Morgan fingerprint density at radius 1 is 0.720 bits per heavy atom. The maximum absolute atomic E-state index is 12.8. The van der Waals surface area contributed by atoms with Gasteiger partial charge in [-0.05, 0) is 51.5 Å². The molecule has 3 rings (SSSR count). The second-order valence-corrected chi connectivity index (χ2v) is 8.35. The lowest BCUT2D eigenvalue weighted by molar-refractivity contribution is -0.144. The van der Waals surface area contributed by atoms with Gasteiger partial charge < -0.3 is 14.7 Å². The molecule has 0 aromatic carbocycles. The van der Waals surface area contributed by atoms with Gasteiger partial charge in [-0.3, -0.25) is 9.59 Å². The molecule has 25 heavy (non-hydrogen) atoms. The number of hydrogen-bond donors (Lipinski definition) is 0. The van der Waals surface area contributed by atoms with Crippen LogP contribution in [0.3, 0.4) is 0 Å². The quantitative estimate of drug-likeness (QED) is 0.785. The fourth-order valence-electron chi connectivity index (χ4n) is 4.71. The van der Waals surface area contributed by atoms with Crippen LogP contribution in [-0.4, -0.2) is 72.8 Å². The normalized spacial score (nSPS) is 29.7. The van der Waals surface area contributed by atoms with Crippen LogP contribution in [-0.2, 0) is 9.59 Å². The van der Waals surface area contributed by atoms with E-state index in [4.69, 9.17) is 0 Å². The van der Waals surface area contributed by atoms with Gasteiger partial charge in [0, 0.05) is 51.1 Å². The number of likely N-dealkylation sites (tertiary alicyclic amines) is 1. The van der Waals surface area contributed by atoms with Crippen LogP contribution in [0.5, 0.6) is 0 Å². The van der Waals surface area contributed by atoms with Crippen molar-refractivity contribution in [3.8, 4) is 0 Å². The maximum Gasteiger partial charge on any atom is 0.225 e. The van der Waals surface area contributed by atoms with E-state index in [1.807, 2.05) is 9.80 Å². The van der Waals surface area contributed by atoms with Crippen LogP contribution < -0.4 is 0 Å². The number of likely N-dealkylation sites (N-methyl/N-ethyl adjacent to an activating group) is 1. The highest BCUT2D eigenvalue weighted by Gasteiger charge is 2.34. The summed E-state index contributed by atoms with van der Waals surface area (Å²) in [6.07, 6.45) is 7.51. The molecule has 1 saturated carbocycles. The molecular formula is C20H35N3O2. The number of piperidine rings is 1.